The van der Waals surface area contributed by atoms with E-state index >= 15 is 0 Å². The number of nitrogens with one attached hydrogen (secondary N) is 2. The highest BCUT2D eigenvalue weighted by atomic mass is 35.5. The number of aromatic nitrogens is 1. The quantitative estimate of drug-likeness (QED) is 0.735. The van der Waals surface area contributed by atoms with Gasteiger partial charge in [0.05, 0.1) is 25.3 Å². The molecule has 2 heterocycles. The van der Waals surface area contributed by atoms with Gasteiger partial charge in [-0.2, -0.15) is 0 Å². The van der Waals surface area contributed by atoms with E-state index < -0.39 is 0 Å². The van der Waals surface area contributed by atoms with E-state index in [4.69, 9.17) is 21.1 Å². The van der Waals surface area contributed by atoms with Crippen LogP contribution in [-0.4, -0.2) is 25.7 Å². The summed E-state index contributed by atoms with van der Waals surface area (Å²) in [6.07, 6.45) is 0.835. The number of halogens is 2. The smallest absolute Gasteiger partial charge is 0.141 e. The molecule has 1 aliphatic rings. The average Bonchev–Trinajstić information content (AvgIpc) is 2.99. The lowest BCUT2D eigenvalue weighted by atomic mass is 9.93. The van der Waals surface area contributed by atoms with Crippen molar-refractivity contribution in [1.29, 1.82) is 0 Å². The monoisotopic (exact) mass is 360 g/mol. The Balaban J connectivity index is 1.89. The standard InChI is InChI=1S/C19H18ClFN2O2/c1-24-16-9-17(25-2)14(20)8-13(16)18-19-11(5-6-22-18)12-7-10(21)3-4-15(12)23-19/h3-4,7-9,18,22-23H,5-6H2,1-2H3. The van der Waals surface area contributed by atoms with Crippen LogP contribution in [-0.2, 0) is 6.42 Å². The lowest BCUT2D eigenvalue weighted by Crippen LogP contribution is -2.30. The van der Waals surface area contributed by atoms with Crippen molar-refractivity contribution in [2.45, 2.75) is 12.5 Å². The first-order valence-electron chi connectivity index (χ1n) is 8.07. The van der Waals surface area contributed by atoms with Gasteiger partial charge in [-0.25, -0.2) is 4.39 Å². The molecular formula is C19H18ClFN2O2. The van der Waals surface area contributed by atoms with Crippen LogP contribution in [0.3, 0.4) is 0 Å². The molecule has 0 saturated heterocycles. The predicted molar refractivity (Wildman–Crippen MR) is 96.4 cm³/mol. The molecule has 0 aliphatic carbocycles. The highest BCUT2D eigenvalue weighted by molar-refractivity contribution is 6.32. The Morgan fingerprint density at radius 3 is 2.68 bits per heavy atom. The number of rotatable bonds is 3. The predicted octanol–water partition coefficient (Wildman–Crippen LogP) is 4.21. The molecule has 0 bridgehead atoms. The SMILES string of the molecule is COc1cc(OC)c(C2NCCc3c2[nH]c2ccc(F)cc32)cc1Cl. The van der Waals surface area contributed by atoms with E-state index in [0.717, 1.165) is 40.7 Å². The van der Waals surface area contributed by atoms with Crippen LogP contribution in [0.15, 0.2) is 30.3 Å². The summed E-state index contributed by atoms with van der Waals surface area (Å²) >= 11 is 6.34. The fourth-order valence-electron chi connectivity index (χ4n) is 3.57. The van der Waals surface area contributed by atoms with Crippen molar-refractivity contribution in [2.75, 3.05) is 20.8 Å². The number of aromatic amines is 1. The Labute approximate surface area is 149 Å². The largest absolute Gasteiger partial charge is 0.496 e. The molecular weight excluding hydrogens is 343 g/mol. The summed E-state index contributed by atoms with van der Waals surface area (Å²) in [4.78, 5) is 3.43. The summed E-state index contributed by atoms with van der Waals surface area (Å²) < 4.78 is 24.5. The zero-order valence-electron chi connectivity index (χ0n) is 14.0. The molecule has 1 unspecified atom stereocenters. The Morgan fingerprint density at radius 1 is 1.12 bits per heavy atom. The molecule has 25 heavy (non-hydrogen) atoms. The lowest BCUT2D eigenvalue weighted by molar-refractivity contribution is 0.386. The first kappa shape index (κ1) is 16.2. The number of hydrogen-bond acceptors (Lipinski definition) is 3. The third-order valence-corrected chi connectivity index (χ3v) is 5.02. The Morgan fingerprint density at radius 2 is 1.92 bits per heavy atom. The Kier molecular flexibility index (Phi) is 4.06. The van der Waals surface area contributed by atoms with E-state index in [-0.39, 0.29) is 11.9 Å². The van der Waals surface area contributed by atoms with Crippen LogP contribution in [0.25, 0.3) is 10.9 Å². The van der Waals surface area contributed by atoms with Crippen LogP contribution in [0, 0.1) is 5.82 Å². The Bertz CT molecular complexity index is 954. The number of hydrogen-bond donors (Lipinski definition) is 2. The van der Waals surface area contributed by atoms with Crippen molar-refractivity contribution in [3.63, 3.8) is 0 Å². The highest BCUT2D eigenvalue weighted by Gasteiger charge is 2.28. The zero-order valence-corrected chi connectivity index (χ0v) is 14.7. The normalized spacial score (nSPS) is 16.7. The number of fused-ring (bicyclic) bond motifs is 3. The van der Waals surface area contributed by atoms with E-state index in [1.165, 1.54) is 6.07 Å². The maximum Gasteiger partial charge on any atom is 0.141 e. The van der Waals surface area contributed by atoms with Gasteiger partial charge < -0.3 is 19.8 Å². The van der Waals surface area contributed by atoms with Gasteiger partial charge in [-0.1, -0.05) is 11.6 Å². The average molecular weight is 361 g/mol. The molecule has 0 radical (unpaired) electrons. The van der Waals surface area contributed by atoms with Gasteiger partial charge in [0.2, 0.25) is 0 Å². The van der Waals surface area contributed by atoms with Crippen LogP contribution >= 0.6 is 11.6 Å². The van der Waals surface area contributed by atoms with Crippen LogP contribution in [0.2, 0.25) is 5.02 Å². The molecule has 3 aromatic rings. The second-order valence-electron chi connectivity index (χ2n) is 6.07. The van der Waals surface area contributed by atoms with Gasteiger partial charge in [-0.3, -0.25) is 0 Å². The summed E-state index contributed by atoms with van der Waals surface area (Å²) in [6, 6.07) is 8.37. The maximum atomic E-state index is 13.7. The van der Waals surface area contributed by atoms with E-state index in [1.807, 2.05) is 6.07 Å². The van der Waals surface area contributed by atoms with Gasteiger partial charge in [0.15, 0.2) is 0 Å². The molecule has 4 rings (SSSR count). The first-order valence-corrected chi connectivity index (χ1v) is 8.45. The number of H-pyrrole nitrogens is 1. The fourth-order valence-corrected chi connectivity index (χ4v) is 3.82. The van der Waals surface area contributed by atoms with Crippen molar-refractivity contribution in [3.05, 3.63) is 58.0 Å². The molecule has 0 amide bonds. The molecule has 6 heteroatoms. The number of benzene rings is 2. The van der Waals surface area contributed by atoms with Crippen molar-refractivity contribution in [1.82, 2.24) is 10.3 Å². The second-order valence-corrected chi connectivity index (χ2v) is 6.48. The third kappa shape index (κ3) is 2.64. The minimum absolute atomic E-state index is 0.113. The maximum absolute atomic E-state index is 13.7. The summed E-state index contributed by atoms with van der Waals surface area (Å²) in [6.45, 7) is 0.786. The van der Waals surface area contributed by atoms with E-state index in [9.17, 15) is 4.39 Å². The van der Waals surface area contributed by atoms with Crippen molar-refractivity contribution in [2.24, 2.45) is 0 Å². The van der Waals surface area contributed by atoms with Crippen LogP contribution in [0.1, 0.15) is 22.9 Å². The molecule has 0 spiro atoms. The van der Waals surface area contributed by atoms with Gasteiger partial charge in [0.25, 0.3) is 0 Å². The van der Waals surface area contributed by atoms with Gasteiger partial charge in [-0.15, -0.1) is 0 Å². The topological polar surface area (TPSA) is 46.3 Å². The van der Waals surface area contributed by atoms with Gasteiger partial charge in [-0.05, 0) is 36.2 Å². The summed E-state index contributed by atoms with van der Waals surface area (Å²) in [5.41, 5.74) is 4.00. The van der Waals surface area contributed by atoms with Gasteiger partial charge >= 0.3 is 0 Å². The van der Waals surface area contributed by atoms with Gasteiger partial charge in [0, 0.05) is 34.8 Å². The molecule has 2 N–H and O–H groups in total. The molecule has 130 valence electrons. The zero-order chi connectivity index (χ0) is 17.6. The summed E-state index contributed by atoms with van der Waals surface area (Å²) in [5, 5.41) is 4.96. The molecule has 1 aromatic heterocycles. The van der Waals surface area contributed by atoms with Crippen LogP contribution in [0.5, 0.6) is 11.5 Å². The molecule has 0 fully saturated rings. The molecule has 0 saturated carbocycles. The Hall–Kier alpha value is -2.24. The van der Waals surface area contributed by atoms with Crippen molar-refractivity contribution in [3.8, 4) is 11.5 Å². The lowest BCUT2D eigenvalue weighted by Gasteiger charge is -2.26. The molecule has 4 nitrogen and oxygen atoms in total. The molecule has 1 aliphatic heterocycles. The van der Waals surface area contributed by atoms with Crippen molar-refractivity contribution >= 4 is 22.5 Å². The fraction of sp³-hybridized carbons (Fsp3) is 0.263. The van der Waals surface area contributed by atoms with E-state index in [0.29, 0.717) is 16.5 Å². The van der Waals surface area contributed by atoms with Crippen LogP contribution in [0.4, 0.5) is 4.39 Å². The highest BCUT2D eigenvalue weighted by Crippen LogP contribution is 2.41. The molecule has 1 atom stereocenters. The number of methoxy groups -OCH3 is 2. The van der Waals surface area contributed by atoms with E-state index in [2.05, 4.69) is 10.3 Å². The minimum atomic E-state index is -0.227. The number of ether oxygens (including phenoxy) is 2. The third-order valence-electron chi connectivity index (χ3n) is 4.73. The molecule has 2 aromatic carbocycles. The summed E-state index contributed by atoms with van der Waals surface area (Å²) in [7, 11) is 3.19. The van der Waals surface area contributed by atoms with Gasteiger partial charge in [0.1, 0.15) is 17.3 Å². The van der Waals surface area contributed by atoms with E-state index in [1.54, 1.807) is 32.4 Å². The van der Waals surface area contributed by atoms with Crippen LogP contribution < -0.4 is 14.8 Å². The van der Waals surface area contributed by atoms with Crippen molar-refractivity contribution < 1.29 is 13.9 Å². The second kappa shape index (κ2) is 6.24. The first-order chi connectivity index (χ1) is 12.1. The minimum Gasteiger partial charge on any atom is -0.496 e. The summed E-state index contributed by atoms with van der Waals surface area (Å²) in [5.74, 6) is 1.03.